The molecule has 0 aliphatic carbocycles. The van der Waals surface area contributed by atoms with Crippen LogP contribution in [0.4, 0.5) is 9.18 Å². The third-order valence-electron chi connectivity index (χ3n) is 3.33. The molecular weight excluding hydrogens is 317 g/mol. The highest BCUT2D eigenvalue weighted by atomic mass is 19.1. The van der Waals surface area contributed by atoms with Gasteiger partial charge in [-0.3, -0.25) is 15.1 Å². The summed E-state index contributed by atoms with van der Waals surface area (Å²) in [5, 5.41) is 12.5. The molecule has 1 aliphatic rings. The molecule has 8 heteroatoms. The molecule has 2 aromatic rings. The molecule has 0 bridgehead atoms. The molecule has 124 valence electrons. The van der Waals surface area contributed by atoms with Gasteiger partial charge >= 0.3 is 6.03 Å². The van der Waals surface area contributed by atoms with Crippen LogP contribution in [0.15, 0.2) is 48.5 Å². The number of rotatable bonds is 4. The zero-order valence-corrected chi connectivity index (χ0v) is 12.4. The van der Waals surface area contributed by atoms with Gasteiger partial charge in [0.2, 0.25) is 6.23 Å². The molecule has 3 amide bonds. The molecule has 1 fully saturated rings. The Hall–Kier alpha value is -2.97. The Labute approximate surface area is 136 Å². The minimum Gasteiger partial charge on any atom is -0.454 e. The lowest BCUT2D eigenvalue weighted by Gasteiger charge is -2.30. The summed E-state index contributed by atoms with van der Waals surface area (Å²) in [6.07, 6.45) is -1.48. The number of nitrogens with one attached hydrogen (secondary N) is 2. The second kappa shape index (κ2) is 6.65. The van der Waals surface area contributed by atoms with E-state index in [1.54, 1.807) is 36.4 Å². The first kappa shape index (κ1) is 15.9. The maximum absolute atomic E-state index is 13.5. The molecule has 1 saturated heterocycles. The highest BCUT2D eigenvalue weighted by Gasteiger charge is 2.29. The topological polar surface area (TPSA) is 90.9 Å². The monoisotopic (exact) mass is 331 g/mol. The molecule has 2 aromatic carbocycles. The van der Waals surface area contributed by atoms with Crippen molar-refractivity contribution in [3.63, 3.8) is 0 Å². The summed E-state index contributed by atoms with van der Waals surface area (Å²) >= 11 is 0. The highest BCUT2D eigenvalue weighted by Crippen LogP contribution is 2.24. The molecule has 1 atom stereocenters. The summed E-state index contributed by atoms with van der Waals surface area (Å²) in [5.41, 5.74) is 3.10. The van der Waals surface area contributed by atoms with Gasteiger partial charge in [0.15, 0.2) is 11.6 Å². The largest absolute Gasteiger partial charge is 0.454 e. The van der Waals surface area contributed by atoms with E-state index in [9.17, 15) is 19.1 Å². The minimum absolute atomic E-state index is 0.115. The van der Waals surface area contributed by atoms with Crippen molar-refractivity contribution in [3.8, 4) is 11.5 Å². The van der Waals surface area contributed by atoms with Crippen molar-refractivity contribution < 1.29 is 23.8 Å². The molecule has 1 aliphatic heterocycles. The van der Waals surface area contributed by atoms with E-state index in [1.165, 1.54) is 12.1 Å². The average Bonchev–Trinajstić information content (AvgIpc) is 2.56. The lowest BCUT2D eigenvalue weighted by Crippen LogP contribution is -2.63. The number of carbonyl (C=O) groups is 2. The van der Waals surface area contributed by atoms with Crippen LogP contribution in [0.1, 0.15) is 5.56 Å². The Kier molecular flexibility index (Phi) is 4.41. The number of aliphatic hydroxyl groups is 1. The van der Waals surface area contributed by atoms with Gasteiger partial charge in [-0.25, -0.2) is 9.18 Å². The number of nitrogens with zero attached hydrogens (tertiary/aromatic N) is 1. The summed E-state index contributed by atoms with van der Waals surface area (Å²) in [6, 6.07) is 12.0. The molecule has 0 spiro atoms. The number of ether oxygens (including phenoxy) is 1. The Morgan fingerprint density at radius 2 is 1.83 bits per heavy atom. The predicted molar refractivity (Wildman–Crippen MR) is 81.1 cm³/mol. The van der Waals surface area contributed by atoms with Gasteiger partial charge < -0.3 is 9.84 Å². The number of amides is 3. The van der Waals surface area contributed by atoms with Crippen LogP contribution in [0, 0.1) is 5.82 Å². The molecule has 0 radical (unpaired) electrons. The average molecular weight is 331 g/mol. The summed E-state index contributed by atoms with van der Waals surface area (Å²) in [5.74, 6) is -0.710. The first-order valence-corrected chi connectivity index (χ1v) is 7.11. The number of para-hydroxylation sites is 1. The lowest BCUT2D eigenvalue weighted by molar-refractivity contribution is -0.135. The summed E-state index contributed by atoms with van der Waals surface area (Å²) in [4.78, 5) is 22.8. The fraction of sp³-hybridized carbons (Fsp3) is 0.125. The van der Waals surface area contributed by atoms with Crippen LogP contribution in [0.5, 0.6) is 11.5 Å². The number of halogens is 1. The van der Waals surface area contributed by atoms with Crippen molar-refractivity contribution in [2.45, 2.75) is 12.8 Å². The first-order chi connectivity index (χ1) is 11.5. The van der Waals surface area contributed by atoms with Crippen molar-refractivity contribution >= 4 is 11.9 Å². The summed E-state index contributed by atoms with van der Waals surface area (Å²) < 4.78 is 19.0. The van der Waals surface area contributed by atoms with Gasteiger partial charge in [0.05, 0.1) is 6.54 Å². The third kappa shape index (κ3) is 3.50. The van der Waals surface area contributed by atoms with Gasteiger partial charge in [0.25, 0.3) is 5.91 Å². The number of aliphatic hydroxyl groups excluding tert-OH is 1. The van der Waals surface area contributed by atoms with Gasteiger partial charge in [-0.2, -0.15) is 5.43 Å². The van der Waals surface area contributed by atoms with E-state index in [-0.39, 0.29) is 12.3 Å². The molecule has 1 heterocycles. The van der Waals surface area contributed by atoms with Crippen LogP contribution >= 0.6 is 0 Å². The molecule has 3 N–H and O–H groups in total. The number of benzene rings is 2. The second-order valence-electron chi connectivity index (χ2n) is 5.09. The van der Waals surface area contributed by atoms with E-state index in [1.807, 2.05) is 5.32 Å². The fourth-order valence-electron chi connectivity index (χ4n) is 2.12. The zero-order chi connectivity index (χ0) is 17.1. The standard InChI is InChI=1S/C16H14FN3O4/c17-12-3-1-2-4-13(12)24-11-7-5-10(6-8-11)9-20-16(23)18-14(21)15(22)19-20/h1-8,15,19,22H,9H2,(H,18,21,23). The second-order valence-corrected chi connectivity index (χ2v) is 5.09. The van der Waals surface area contributed by atoms with Crippen molar-refractivity contribution in [2.24, 2.45) is 0 Å². The number of hydrazine groups is 1. The summed E-state index contributed by atoms with van der Waals surface area (Å²) in [6.45, 7) is 0.121. The Bertz CT molecular complexity index is 766. The van der Waals surface area contributed by atoms with Crippen molar-refractivity contribution in [1.82, 2.24) is 15.8 Å². The SMILES string of the molecule is O=C1NC(=O)N(Cc2ccc(Oc3ccccc3F)cc2)NC1O. The maximum atomic E-state index is 13.5. The minimum atomic E-state index is -1.48. The van der Waals surface area contributed by atoms with Crippen LogP contribution in [0.25, 0.3) is 0 Å². The molecular formula is C16H14FN3O4. The third-order valence-corrected chi connectivity index (χ3v) is 3.33. The molecule has 0 aromatic heterocycles. The van der Waals surface area contributed by atoms with Crippen LogP contribution in [0.2, 0.25) is 0 Å². The van der Waals surface area contributed by atoms with E-state index in [4.69, 9.17) is 4.74 Å². The van der Waals surface area contributed by atoms with Crippen molar-refractivity contribution in [1.29, 1.82) is 0 Å². The molecule has 0 saturated carbocycles. The Morgan fingerprint density at radius 3 is 2.54 bits per heavy atom. The smallest absolute Gasteiger partial charge is 0.338 e. The number of carbonyl (C=O) groups excluding carboxylic acids is 2. The van der Waals surface area contributed by atoms with Crippen LogP contribution in [-0.2, 0) is 11.3 Å². The van der Waals surface area contributed by atoms with E-state index >= 15 is 0 Å². The predicted octanol–water partition coefficient (Wildman–Crippen LogP) is 1.49. The van der Waals surface area contributed by atoms with E-state index < -0.39 is 24.0 Å². The van der Waals surface area contributed by atoms with Crippen LogP contribution < -0.4 is 15.5 Å². The quantitative estimate of drug-likeness (QED) is 0.790. The van der Waals surface area contributed by atoms with Crippen LogP contribution in [-0.4, -0.2) is 28.3 Å². The molecule has 7 nitrogen and oxygen atoms in total. The zero-order valence-electron chi connectivity index (χ0n) is 12.4. The number of urea groups is 1. The first-order valence-electron chi connectivity index (χ1n) is 7.11. The number of imide groups is 1. The Balaban J connectivity index is 1.65. The Morgan fingerprint density at radius 1 is 1.12 bits per heavy atom. The van der Waals surface area contributed by atoms with Crippen LogP contribution in [0.3, 0.4) is 0 Å². The molecule has 24 heavy (non-hydrogen) atoms. The highest BCUT2D eigenvalue weighted by molar-refractivity contribution is 5.98. The van der Waals surface area contributed by atoms with Gasteiger partial charge in [0, 0.05) is 0 Å². The van der Waals surface area contributed by atoms with Crippen molar-refractivity contribution in [2.75, 3.05) is 0 Å². The normalized spacial score (nSPS) is 17.6. The molecule has 3 rings (SSSR count). The summed E-state index contributed by atoms with van der Waals surface area (Å²) in [7, 11) is 0. The van der Waals surface area contributed by atoms with Gasteiger partial charge in [-0.05, 0) is 29.8 Å². The van der Waals surface area contributed by atoms with E-state index in [2.05, 4.69) is 5.43 Å². The lowest BCUT2D eigenvalue weighted by atomic mass is 10.2. The maximum Gasteiger partial charge on any atom is 0.338 e. The van der Waals surface area contributed by atoms with Gasteiger partial charge in [-0.1, -0.05) is 24.3 Å². The van der Waals surface area contributed by atoms with Crippen molar-refractivity contribution in [3.05, 3.63) is 59.9 Å². The van der Waals surface area contributed by atoms with Gasteiger partial charge in [-0.15, -0.1) is 0 Å². The van der Waals surface area contributed by atoms with E-state index in [0.29, 0.717) is 5.75 Å². The number of hydrogen-bond donors (Lipinski definition) is 3. The van der Waals surface area contributed by atoms with Gasteiger partial charge in [0.1, 0.15) is 5.75 Å². The molecule has 1 unspecified atom stereocenters. The number of hydrogen-bond acceptors (Lipinski definition) is 5. The fourth-order valence-corrected chi connectivity index (χ4v) is 2.12. The van der Waals surface area contributed by atoms with E-state index in [0.717, 1.165) is 10.6 Å².